The van der Waals surface area contributed by atoms with Gasteiger partial charge in [-0.3, -0.25) is 4.79 Å². The van der Waals surface area contributed by atoms with Crippen LogP contribution in [0.1, 0.15) is 32.6 Å². The highest BCUT2D eigenvalue weighted by molar-refractivity contribution is 5.73. The number of carbonyl (C=O) groups is 1. The quantitative estimate of drug-likeness (QED) is 0.476. The van der Waals surface area contributed by atoms with Gasteiger partial charge in [0.05, 0.1) is 6.42 Å². The maximum atomic E-state index is 10.8. The molecule has 0 radical (unpaired) electrons. The topological polar surface area (TPSA) is 26.3 Å². The van der Waals surface area contributed by atoms with Gasteiger partial charge >= 0.3 is 5.97 Å². The molecule has 0 N–H and O–H groups in total. The summed E-state index contributed by atoms with van der Waals surface area (Å²) in [6.45, 7) is 2.07. The third-order valence-electron chi connectivity index (χ3n) is 2.85. The van der Waals surface area contributed by atoms with Gasteiger partial charge in [0.25, 0.3) is 0 Å². The Balaban J connectivity index is 2.22. The maximum Gasteiger partial charge on any atom is 0.306 e. The van der Waals surface area contributed by atoms with E-state index < -0.39 is 0 Å². The van der Waals surface area contributed by atoms with Crippen LogP contribution in [0.2, 0.25) is 0 Å². The molecule has 1 aliphatic carbocycles. The fourth-order valence-electron chi connectivity index (χ4n) is 2.16. The molecular weight excluding hydrogens is 128 g/mol. The fraction of sp³-hybridized carbons (Fsp3) is 0.875. The Bertz CT molecular complexity index is 176. The molecule has 10 heavy (non-hydrogen) atoms. The van der Waals surface area contributed by atoms with Crippen molar-refractivity contribution in [2.45, 2.75) is 38.2 Å². The molecule has 0 aromatic heterocycles. The monoisotopic (exact) mass is 140 g/mol. The van der Waals surface area contributed by atoms with E-state index in [2.05, 4.69) is 6.92 Å². The van der Waals surface area contributed by atoms with Gasteiger partial charge < -0.3 is 4.74 Å². The Morgan fingerprint density at radius 1 is 1.70 bits per heavy atom. The Morgan fingerprint density at radius 3 is 3.20 bits per heavy atom. The average Bonchev–Trinajstić information content (AvgIpc) is 2.20. The summed E-state index contributed by atoms with van der Waals surface area (Å²) in [5.74, 6) is 0.534. The van der Waals surface area contributed by atoms with Gasteiger partial charge in [0.15, 0.2) is 0 Å². The molecule has 0 amide bonds. The molecule has 1 aliphatic heterocycles. The molecule has 1 saturated heterocycles. The highest BCUT2D eigenvalue weighted by atomic mass is 16.6. The molecule has 0 bridgehead atoms. The third kappa shape index (κ3) is 0.678. The first-order chi connectivity index (χ1) is 4.71. The molecule has 2 rings (SSSR count). The van der Waals surface area contributed by atoms with E-state index in [0.717, 1.165) is 6.42 Å². The van der Waals surface area contributed by atoms with Crippen molar-refractivity contribution in [3.05, 3.63) is 0 Å². The van der Waals surface area contributed by atoms with Crippen LogP contribution in [0.5, 0.6) is 0 Å². The van der Waals surface area contributed by atoms with Gasteiger partial charge in [0.1, 0.15) is 5.60 Å². The minimum absolute atomic E-state index is 0.00667. The summed E-state index contributed by atoms with van der Waals surface area (Å²) >= 11 is 0. The van der Waals surface area contributed by atoms with Crippen molar-refractivity contribution < 1.29 is 9.53 Å². The Kier molecular flexibility index (Phi) is 1.08. The van der Waals surface area contributed by atoms with Gasteiger partial charge in [-0.05, 0) is 26.2 Å². The molecule has 2 fully saturated rings. The van der Waals surface area contributed by atoms with E-state index in [1.54, 1.807) is 0 Å². The molecule has 0 unspecified atom stereocenters. The summed E-state index contributed by atoms with van der Waals surface area (Å²) in [6, 6.07) is 0. The van der Waals surface area contributed by atoms with Gasteiger partial charge in [-0.25, -0.2) is 0 Å². The number of ether oxygens (including phenoxy) is 1. The average molecular weight is 140 g/mol. The molecule has 2 nitrogen and oxygen atoms in total. The second-order valence-electron chi connectivity index (χ2n) is 3.58. The van der Waals surface area contributed by atoms with Gasteiger partial charge in [-0.1, -0.05) is 0 Å². The number of esters is 1. The molecule has 0 aromatic carbocycles. The second kappa shape index (κ2) is 1.74. The molecule has 56 valence electrons. The number of rotatable bonds is 0. The van der Waals surface area contributed by atoms with E-state index in [0.29, 0.717) is 12.3 Å². The first-order valence-corrected chi connectivity index (χ1v) is 3.92. The SMILES string of the molecule is C[C@]12CCC[C@@H]1CC(=O)O2. The minimum Gasteiger partial charge on any atom is -0.459 e. The van der Waals surface area contributed by atoms with E-state index in [-0.39, 0.29) is 11.6 Å². The van der Waals surface area contributed by atoms with E-state index in [9.17, 15) is 4.79 Å². The lowest BCUT2D eigenvalue weighted by atomic mass is 9.93. The lowest BCUT2D eigenvalue weighted by molar-refractivity contribution is -0.147. The Labute approximate surface area is 60.6 Å². The Hall–Kier alpha value is -0.530. The van der Waals surface area contributed by atoms with Gasteiger partial charge in [0, 0.05) is 5.92 Å². The molecule has 0 aromatic rings. The van der Waals surface area contributed by atoms with Crippen LogP contribution in [-0.2, 0) is 9.53 Å². The Morgan fingerprint density at radius 2 is 2.50 bits per heavy atom. The van der Waals surface area contributed by atoms with E-state index in [4.69, 9.17) is 4.74 Å². The number of fused-ring (bicyclic) bond motifs is 1. The molecule has 2 heteroatoms. The number of hydrogen-bond acceptors (Lipinski definition) is 2. The minimum atomic E-state index is -0.0723. The molecule has 2 aliphatic rings. The standard InChI is InChI=1S/C8H12O2/c1-8-4-2-3-6(8)5-7(9)10-8/h6H,2-5H2,1H3/t6-,8+/m1/s1. The van der Waals surface area contributed by atoms with Crippen molar-refractivity contribution in [2.75, 3.05) is 0 Å². The van der Waals surface area contributed by atoms with Crippen LogP contribution in [0.25, 0.3) is 0 Å². The summed E-state index contributed by atoms with van der Waals surface area (Å²) in [7, 11) is 0. The van der Waals surface area contributed by atoms with Crippen molar-refractivity contribution in [1.82, 2.24) is 0 Å². The van der Waals surface area contributed by atoms with Crippen molar-refractivity contribution in [3.8, 4) is 0 Å². The fourth-order valence-corrected chi connectivity index (χ4v) is 2.16. The highest BCUT2D eigenvalue weighted by Gasteiger charge is 2.48. The summed E-state index contributed by atoms with van der Waals surface area (Å²) in [6.07, 6.45) is 4.15. The van der Waals surface area contributed by atoms with Gasteiger partial charge in [0.2, 0.25) is 0 Å². The van der Waals surface area contributed by atoms with Crippen LogP contribution in [-0.4, -0.2) is 11.6 Å². The largest absolute Gasteiger partial charge is 0.459 e. The summed E-state index contributed by atoms with van der Waals surface area (Å²) < 4.78 is 5.23. The van der Waals surface area contributed by atoms with E-state index >= 15 is 0 Å². The summed E-state index contributed by atoms with van der Waals surface area (Å²) in [4.78, 5) is 10.8. The maximum absolute atomic E-state index is 10.8. The predicted molar refractivity (Wildman–Crippen MR) is 36.5 cm³/mol. The zero-order valence-corrected chi connectivity index (χ0v) is 6.22. The van der Waals surface area contributed by atoms with Crippen molar-refractivity contribution >= 4 is 5.97 Å². The second-order valence-corrected chi connectivity index (χ2v) is 3.58. The third-order valence-corrected chi connectivity index (χ3v) is 2.85. The summed E-state index contributed by atoms with van der Waals surface area (Å²) in [5, 5.41) is 0. The molecule has 2 atom stereocenters. The van der Waals surface area contributed by atoms with Crippen LogP contribution < -0.4 is 0 Å². The molecule has 1 saturated carbocycles. The molecular formula is C8H12O2. The first kappa shape index (κ1) is 6.20. The summed E-state index contributed by atoms with van der Waals surface area (Å²) in [5.41, 5.74) is -0.0723. The normalized spacial score (nSPS) is 45.3. The van der Waals surface area contributed by atoms with E-state index in [1.165, 1.54) is 12.8 Å². The van der Waals surface area contributed by atoms with Crippen LogP contribution in [0, 0.1) is 5.92 Å². The van der Waals surface area contributed by atoms with E-state index in [1.807, 2.05) is 0 Å². The van der Waals surface area contributed by atoms with Crippen molar-refractivity contribution in [3.63, 3.8) is 0 Å². The number of hydrogen-bond donors (Lipinski definition) is 0. The van der Waals surface area contributed by atoms with Crippen LogP contribution >= 0.6 is 0 Å². The van der Waals surface area contributed by atoms with Crippen LogP contribution in [0.3, 0.4) is 0 Å². The first-order valence-electron chi connectivity index (χ1n) is 3.92. The zero-order chi connectivity index (χ0) is 7.19. The van der Waals surface area contributed by atoms with Crippen LogP contribution in [0.4, 0.5) is 0 Å². The van der Waals surface area contributed by atoms with Crippen molar-refractivity contribution in [2.24, 2.45) is 5.92 Å². The molecule has 0 spiro atoms. The molecule has 1 heterocycles. The lowest BCUT2D eigenvalue weighted by Crippen LogP contribution is -2.25. The zero-order valence-electron chi connectivity index (χ0n) is 6.22. The van der Waals surface area contributed by atoms with Crippen molar-refractivity contribution in [1.29, 1.82) is 0 Å². The predicted octanol–water partition coefficient (Wildman–Crippen LogP) is 1.49. The smallest absolute Gasteiger partial charge is 0.306 e. The highest BCUT2D eigenvalue weighted by Crippen LogP contribution is 2.45. The number of carbonyl (C=O) groups excluding carboxylic acids is 1. The van der Waals surface area contributed by atoms with Crippen LogP contribution in [0.15, 0.2) is 0 Å². The lowest BCUT2D eigenvalue weighted by Gasteiger charge is -2.20. The van der Waals surface area contributed by atoms with Gasteiger partial charge in [-0.15, -0.1) is 0 Å². The van der Waals surface area contributed by atoms with Gasteiger partial charge in [-0.2, -0.15) is 0 Å².